The number of benzene rings is 4. The summed E-state index contributed by atoms with van der Waals surface area (Å²) in [7, 11) is 0. The van der Waals surface area contributed by atoms with Crippen molar-refractivity contribution < 1.29 is 34.0 Å². The highest BCUT2D eigenvalue weighted by Gasteiger charge is 2.23. The summed E-state index contributed by atoms with van der Waals surface area (Å²) < 4.78 is 17.7. The van der Waals surface area contributed by atoms with Crippen molar-refractivity contribution in [2.24, 2.45) is 23.7 Å². The van der Waals surface area contributed by atoms with Gasteiger partial charge in [-0.3, -0.25) is 9.59 Å². The van der Waals surface area contributed by atoms with Gasteiger partial charge in [-0.05, 0) is 156 Å². The van der Waals surface area contributed by atoms with Gasteiger partial charge >= 0.3 is 11.9 Å². The van der Waals surface area contributed by atoms with Gasteiger partial charge in [0.2, 0.25) is 0 Å². The number of carbonyl (C=O) groups is 2. The van der Waals surface area contributed by atoms with E-state index >= 15 is 0 Å². The molecule has 5 rings (SSSR count). The Kier molecular flexibility index (Phi) is 21.1. The number of aliphatic hydroxyl groups excluding tert-OH is 2. The predicted molar refractivity (Wildman–Crippen MR) is 266 cm³/mol. The zero-order chi connectivity index (χ0) is 46.7. The molecule has 0 spiro atoms. The molecule has 0 bridgehead atoms. The molecule has 0 amide bonds. The number of unbranched alkanes of at least 4 members (excludes halogenated alkanes) is 2. The maximum absolute atomic E-state index is 12.3. The van der Waals surface area contributed by atoms with E-state index < -0.39 is 0 Å². The lowest BCUT2D eigenvalue weighted by molar-refractivity contribution is -0.148. The average Bonchev–Trinajstić information content (AvgIpc) is 3.33. The van der Waals surface area contributed by atoms with Crippen molar-refractivity contribution >= 4 is 11.9 Å². The quantitative estimate of drug-likeness (QED) is 0.0478. The summed E-state index contributed by atoms with van der Waals surface area (Å²) in [5.74, 6) is 1.29. The Hall–Kier alpha value is -4.46. The van der Waals surface area contributed by atoms with E-state index in [-0.39, 0.29) is 42.9 Å². The summed E-state index contributed by atoms with van der Waals surface area (Å²) in [5.41, 5.74) is 13.3. The zero-order valence-electron chi connectivity index (χ0n) is 40.9. The zero-order valence-corrected chi connectivity index (χ0v) is 40.9. The molecule has 0 aromatic heterocycles. The standard InChI is InChI=1S/C58H80O7/c1-8-11-12-15-42-18-20-46(21-19-42)47-22-24-48(25-23-47)54-28-26-49(34-44(54)9-2)50-27-29-55(45(10-3)35-50)53-36-51(16-13-31-64-57(61)40(4)5)56(63-33-30-43(38-59)39-60)52(37-53)17-14-32-65-58(62)41(6)7/h22-29,34-37,40-43,46,59-60H,8-21,30-33,38-39H2,1-7H3. The molecule has 1 fully saturated rings. The molecule has 354 valence electrons. The molecule has 0 aliphatic heterocycles. The second kappa shape index (κ2) is 26.6. The van der Waals surface area contributed by atoms with E-state index in [0.717, 1.165) is 46.8 Å². The summed E-state index contributed by atoms with van der Waals surface area (Å²) >= 11 is 0. The first-order valence-corrected chi connectivity index (χ1v) is 25.2. The van der Waals surface area contributed by atoms with Gasteiger partial charge in [0.25, 0.3) is 0 Å². The number of hydrogen-bond donors (Lipinski definition) is 2. The lowest BCUT2D eigenvalue weighted by atomic mass is 9.77. The van der Waals surface area contributed by atoms with Crippen LogP contribution in [0.3, 0.4) is 0 Å². The van der Waals surface area contributed by atoms with E-state index in [2.05, 4.69) is 93.6 Å². The number of carbonyl (C=O) groups excluding carboxylic acids is 2. The number of aliphatic hydroxyl groups is 2. The number of ether oxygens (including phenoxy) is 3. The Labute approximate surface area is 391 Å². The summed E-state index contributed by atoms with van der Waals surface area (Å²) in [6.07, 6.45) is 15.7. The first-order valence-electron chi connectivity index (χ1n) is 25.2. The third kappa shape index (κ3) is 15.0. The topological polar surface area (TPSA) is 102 Å². The largest absolute Gasteiger partial charge is 0.493 e. The van der Waals surface area contributed by atoms with Crippen LogP contribution >= 0.6 is 0 Å². The molecular weight excluding hydrogens is 809 g/mol. The van der Waals surface area contributed by atoms with Crippen molar-refractivity contribution in [3.05, 3.63) is 101 Å². The third-order valence-corrected chi connectivity index (χ3v) is 13.5. The van der Waals surface area contributed by atoms with Gasteiger partial charge in [0.1, 0.15) is 5.75 Å². The molecule has 0 atom stereocenters. The molecule has 0 saturated heterocycles. The Morgan fingerprint density at radius 1 is 0.585 bits per heavy atom. The van der Waals surface area contributed by atoms with E-state index in [9.17, 15) is 19.8 Å². The third-order valence-electron chi connectivity index (χ3n) is 13.5. The SMILES string of the molecule is CCCCCC1CCC(c2ccc(-c3ccc(-c4ccc(-c5cc(CCCOC(=O)C(C)C)c(OCCC(CO)CO)c(CCCOC(=O)C(C)C)c5)c(CC)c4)cc3CC)cc2)CC1. The minimum atomic E-state index is -0.270. The van der Waals surface area contributed by atoms with Gasteiger partial charge in [-0.1, -0.05) is 135 Å². The van der Waals surface area contributed by atoms with E-state index in [1.165, 1.54) is 90.3 Å². The van der Waals surface area contributed by atoms with E-state index in [1.54, 1.807) is 0 Å². The molecule has 1 aliphatic rings. The van der Waals surface area contributed by atoms with Crippen LogP contribution in [-0.2, 0) is 44.7 Å². The lowest BCUT2D eigenvalue weighted by Crippen LogP contribution is -2.16. The van der Waals surface area contributed by atoms with Crippen LogP contribution in [0.2, 0.25) is 0 Å². The van der Waals surface area contributed by atoms with Crippen LogP contribution in [-0.4, -0.2) is 55.2 Å². The molecule has 1 saturated carbocycles. The van der Waals surface area contributed by atoms with Crippen LogP contribution in [0.25, 0.3) is 33.4 Å². The van der Waals surface area contributed by atoms with Crippen molar-refractivity contribution in [1.82, 2.24) is 0 Å². The fourth-order valence-electron chi connectivity index (χ4n) is 9.34. The number of esters is 2. The molecule has 0 heterocycles. The fourth-order valence-corrected chi connectivity index (χ4v) is 9.34. The Balaban J connectivity index is 1.41. The highest BCUT2D eigenvalue weighted by molar-refractivity contribution is 5.78. The van der Waals surface area contributed by atoms with Gasteiger partial charge in [0.15, 0.2) is 0 Å². The van der Waals surface area contributed by atoms with E-state index in [0.29, 0.717) is 57.8 Å². The van der Waals surface area contributed by atoms with Gasteiger partial charge in [-0.2, -0.15) is 0 Å². The summed E-state index contributed by atoms with van der Waals surface area (Å²) in [6, 6.07) is 27.7. The van der Waals surface area contributed by atoms with E-state index in [1.807, 2.05) is 27.7 Å². The second-order valence-electron chi connectivity index (χ2n) is 19.1. The summed E-state index contributed by atoms with van der Waals surface area (Å²) in [5, 5.41) is 19.5. The average molecular weight is 889 g/mol. The van der Waals surface area contributed by atoms with Crippen molar-refractivity contribution in [2.75, 3.05) is 33.0 Å². The second-order valence-corrected chi connectivity index (χ2v) is 19.1. The molecular formula is C58H80O7. The molecule has 65 heavy (non-hydrogen) atoms. The van der Waals surface area contributed by atoms with Crippen molar-refractivity contribution in [3.63, 3.8) is 0 Å². The van der Waals surface area contributed by atoms with Crippen LogP contribution < -0.4 is 4.74 Å². The predicted octanol–water partition coefficient (Wildman–Crippen LogP) is 13.3. The lowest BCUT2D eigenvalue weighted by Gasteiger charge is -2.29. The van der Waals surface area contributed by atoms with Crippen LogP contribution in [0.1, 0.15) is 153 Å². The van der Waals surface area contributed by atoms with Gasteiger partial charge in [-0.15, -0.1) is 0 Å². The monoisotopic (exact) mass is 889 g/mol. The van der Waals surface area contributed by atoms with E-state index in [4.69, 9.17) is 14.2 Å². The maximum atomic E-state index is 12.3. The highest BCUT2D eigenvalue weighted by Crippen LogP contribution is 2.40. The minimum Gasteiger partial charge on any atom is -0.493 e. The van der Waals surface area contributed by atoms with Crippen LogP contribution in [0.5, 0.6) is 5.75 Å². The van der Waals surface area contributed by atoms with Crippen LogP contribution in [0, 0.1) is 23.7 Å². The Morgan fingerprint density at radius 3 is 1.55 bits per heavy atom. The van der Waals surface area contributed by atoms with Gasteiger partial charge in [-0.25, -0.2) is 0 Å². The van der Waals surface area contributed by atoms with Crippen LogP contribution in [0.4, 0.5) is 0 Å². The van der Waals surface area contributed by atoms with Crippen molar-refractivity contribution in [3.8, 4) is 39.1 Å². The Bertz CT molecular complexity index is 2020. The Morgan fingerprint density at radius 2 is 1.08 bits per heavy atom. The number of aryl methyl sites for hydroxylation is 4. The van der Waals surface area contributed by atoms with Gasteiger partial charge in [0.05, 0.1) is 31.7 Å². The summed E-state index contributed by atoms with van der Waals surface area (Å²) in [6.45, 7) is 14.8. The first kappa shape index (κ1) is 51.5. The number of rotatable bonds is 26. The summed E-state index contributed by atoms with van der Waals surface area (Å²) in [4.78, 5) is 24.6. The normalized spacial score (nSPS) is 15.2. The molecule has 7 nitrogen and oxygen atoms in total. The molecule has 4 aromatic carbocycles. The molecule has 7 heteroatoms. The molecule has 4 aromatic rings. The minimum absolute atomic E-state index is 0.117. The van der Waals surface area contributed by atoms with Gasteiger partial charge < -0.3 is 24.4 Å². The smallest absolute Gasteiger partial charge is 0.308 e. The molecule has 1 aliphatic carbocycles. The molecule has 0 radical (unpaired) electrons. The molecule has 0 unspecified atom stereocenters. The first-order chi connectivity index (χ1) is 31.5. The van der Waals surface area contributed by atoms with Crippen molar-refractivity contribution in [2.45, 2.75) is 151 Å². The maximum Gasteiger partial charge on any atom is 0.308 e. The molecule has 2 N–H and O–H groups in total. The van der Waals surface area contributed by atoms with Crippen LogP contribution in [0.15, 0.2) is 72.8 Å². The number of hydrogen-bond acceptors (Lipinski definition) is 7. The van der Waals surface area contributed by atoms with Gasteiger partial charge in [0, 0.05) is 19.1 Å². The fraction of sp³-hybridized carbons (Fsp3) is 0.552. The van der Waals surface area contributed by atoms with Crippen molar-refractivity contribution in [1.29, 1.82) is 0 Å². The highest BCUT2D eigenvalue weighted by atomic mass is 16.5.